The van der Waals surface area contributed by atoms with E-state index in [2.05, 4.69) is 5.32 Å². The van der Waals surface area contributed by atoms with Crippen LogP contribution in [0.15, 0.2) is 24.3 Å². The van der Waals surface area contributed by atoms with Gasteiger partial charge >= 0.3 is 6.09 Å². The molecule has 0 saturated carbocycles. The first-order valence-electron chi connectivity index (χ1n) is 7.08. The van der Waals surface area contributed by atoms with E-state index in [0.717, 1.165) is 0 Å². The molecule has 0 spiro atoms. The van der Waals surface area contributed by atoms with E-state index in [1.54, 1.807) is 24.0 Å². The van der Waals surface area contributed by atoms with Gasteiger partial charge in [-0.25, -0.2) is 9.18 Å². The highest BCUT2D eigenvalue weighted by Crippen LogP contribution is 2.20. The Balaban J connectivity index is 1.84. The van der Waals surface area contributed by atoms with Crippen molar-refractivity contribution in [2.24, 2.45) is 5.92 Å². The molecule has 1 fully saturated rings. The topological polar surface area (TPSA) is 58.6 Å². The summed E-state index contributed by atoms with van der Waals surface area (Å²) in [4.78, 5) is 25.3. The summed E-state index contributed by atoms with van der Waals surface area (Å²) in [6.07, 6.45) is 0.835. The number of anilines is 1. The van der Waals surface area contributed by atoms with Gasteiger partial charge in [-0.1, -0.05) is 6.07 Å². The van der Waals surface area contributed by atoms with Gasteiger partial charge in [-0.3, -0.25) is 4.79 Å². The zero-order chi connectivity index (χ0) is 15.2. The highest BCUT2D eigenvalue weighted by Gasteiger charge is 2.27. The molecule has 6 heteroatoms. The van der Waals surface area contributed by atoms with Gasteiger partial charge in [-0.05, 0) is 38.0 Å². The number of nitrogens with one attached hydrogen (secondary N) is 1. The monoisotopic (exact) mass is 294 g/mol. The number of benzene rings is 1. The van der Waals surface area contributed by atoms with Crippen LogP contribution in [-0.4, -0.2) is 36.6 Å². The first kappa shape index (κ1) is 15.3. The lowest BCUT2D eigenvalue weighted by Gasteiger charge is -2.30. The van der Waals surface area contributed by atoms with Crippen LogP contribution < -0.4 is 5.32 Å². The number of halogens is 1. The Kier molecular flexibility index (Phi) is 5.14. The molecule has 21 heavy (non-hydrogen) atoms. The summed E-state index contributed by atoms with van der Waals surface area (Å²) < 4.78 is 18.0. The third kappa shape index (κ3) is 4.18. The van der Waals surface area contributed by atoms with E-state index in [9.17, 15) is 14.0 Å². The van der Waals surface area contributed by atoms with E-state index < -0.39 is 0 Å². The molecule has 0 unspecified atom stereocenters. The van der Waals surface area contributed by atoms with Crippen molar-refractivity contribution in [2.45, 2.75) is 19.8 Å². The number of piperidine rings is 1. The molecule has 1 aromatic rings. The van der Waals surface area contributed by atoms with Gasteiger partial charge in [-0.2, -0.15) is 0 Å². The zero-order valence-electron chi connectivity index (χ0n) is 12.0. The molecule has 2 rings (SSSR count). The molecule has 1 aliphatic rings. The number of rotatable bonds is 3. The SMILES string of the molecule is CCOC(=O)N1CCC(C(=O)Nc2cccc(F)c2)CC1. The van der Waals surface area contributed by atoms with E-state index in [0.29, 0.717) is 38.2 Å². The molecule has 1 heterocycles. The second-order valence-corrected chi connectivity index (χ2v) is 4.96. The fraction of sp³-hybridized carbons (Fsp3) is 0.467. The van der Waals surface area contributed by atoms with E-state index in [1.807, 2.05) is 0 Å². The molecule has 0 radical (unpaired) electrons. The second-order valence-electron chi connectivity index (χ2n) is 4.96. The summed E-state index contributed by atoms with van der Waals surface area (Å²) in [5.41, 5.74) is 0.452. The largest absolute Gasteiger partial charge is 0.450 e. The van der Waals surface area contributed by atoms with Crippen LogP contribution in [0.2, 0.25) is 0 Å². The quantitative estimate of drug-likeness (QED) is 0.932. The lowest BCUT2D eigenvalue weighted by atomic mass is 9.96. The van der Waals surface area contributed by atoms with E-state index in [1.165, 1.54) is 12.1 Å². The van der Waals surface area contributed by atoms with Gasteiger partial charge in [0.05, 0.1) is 6.61 Å². The van der Waals surface area contributed by atoms with Crippen LogP contribution in [-0.2, 0) is 9.53 Å². The predicted octanol–water partition coefficient (Wildman–Crippen LogP) is 2.63. The molecule has 1 saturated heterocycles. The van der Waals surface area contributed by atoms with Crippen LogP contribution in [0.25, 0.3) is 0 Å². The Morgan fingerprint density at radius 1 is 1.38 bits per heavy atom. The Morgan fingerprint density at radius 3 is 2.71 bits per heavy atom. The van der Waals surface area contributed by atoms with E-state index in [4.69, 9.17) is 4.74 Å². The average molecular weight is 294 g/mol. The summed E-state index contributed by atoms with van der Waals surface area (Å²) in [5, 5.41) is 2.71. The highest BCUT2D eigenvalue weighted by atomic mass is 19.1. The first-order chi connectivity index (χ1) is 10.1. The molecule has 5 nitrogen and oxygen atoms in total. The van der Waals surface area contributed by atoms with E-state index in [-0.39, 0.29) is 23.7 Å². The number of hydrogen-bond donors (Lipinski definition) is 1. The second kappa shape index (κ2) is 7.06. The molecule has 1 aliphatic heterocycles. The molecule has 0 aromatic heterocycles. The third-order valence-electron chi connectivity index (χ3n) is 3.48. The molecule has 0 bridgehead atoms. The molecule has 0 aliphatic carbocycles. The van der Waals surface area contributed by atoms with Crippen LogP contribution in [0.3, 0.4) is 0 Å². The Labute approximate surface area is 123 Å². The van der Waals surface area contributed by atoms with Crippen molar-refractivity contribution in [1.29, 1.82) is 0 Å². The maximum Gasteiger partial charge on any atom is 0.409 e. The van der Waals surface area contributed by atoms with Crippen LogP contribution in [0.1, 0.15) is 19.8 Å². The van der Waals surface area contributed by atoms with Crippen molar-refractivity contribution >= 4 is 17.7 Å². The van der Waals surface area contributed by atoms with Crippen molar-refractivity contribution in [3.05, 3.63) is 30.1 Å². The minimum atomic E-state index is -0.384. The lowest BCUT2D eigenvalue weighted by Crippen LogP contribution is -2.41. The van der Waals surface area contributed by atoms with Crippen molar-refractivity contribution in [1.82, 2.24) is 4.90 Å². The molecule has 114 valence electrons. The maximum absolute atomic E-state index is 13.1. The number of carbonyl (C=O) groups excluding carboxylic acids is 2. The van der Waals surface area contributed by atoms with Gasteiger partial charge in [-0.15, -0.1) is 0 Å². The van der Waals surface area contributed by atoms with Crippen molar-refractivity contribution in [3.8, 4) is 0 Å². The Bertz CT molecular complexity index is 513. The maximum atomic E-state index is 13.1. The molecule has 1 N–H and O–H groups in total. The minimum absolute atomic E-state index is 0.135. The normalized spacial score (nSPS) is 15.6. The number of carbonyl (C=O) groups is 2. The van der Waals surface area contributed by atoms with Gasteiger partial charge in [0, 0.05) is 24.7 Å². The highest BCUT2D eigenvalue weighted by molar-refractivity contribution is 5.92. The number of likely N-dealkylation sites (tertiary alicyclic amines) is 1. The van der Waals surface area contributed by atoms with Gasteiger partial charge in [0.2, 0.25) is 5.91 Å². The lowest BCUT2D eigenvalue weighted by molar-refractivity contribution is -0.121. The zero-order valence-corrected chi connectivity index (χ0v) is 12.0. The number of nitrogens with zero attached hydrogens (tertiary/aromatic N) is 1. The van der Waals surface area contributed by atoms with Gasteiger partial charge in [0.25, 0.3) is 0 Å². The van der Waals surface area contributed by atoms with Crippen LogP contribution in [0, 0.1) is 11.7 Å². The fourth-order valence-electron chi connectivity index (χ4n) is 2.35. The summed E-state index contributed by atoms with van der Waals surface area (Å²) in [5.74, 6) is -0.687. The Hall–Kier alpha value is -2.11. The summed E-state index contributed by atoms with van der Waals surface area (Å²) in [7, 11) is 0. The third-order valence-corrected chi connectivity index (χ3v) is 3.48. The van der Waals surface area contributed by atoms with Crippen LogP contribution in [0.5, 0.6) is 0 Å². The smallest absolute Gasteiger partial charge is 0.409 e. The summed E-state index contributed by atoms with van der Waals surface area (Å²) >= 11 is 0. The van der Waals surface area contributed by atoms with Crippen LogP contribution >= 0.6 is 0 Å². The summed E-state index contributed by atoms with van der Waals surface area (Å²) in [6.45, 7) is 3.11. The fourth-order valence-corrected chi connectivity index (χ4v) is 2.35. The number of hydrogen-bond acceptors (Lipinski definition) is 3. The Morgan fingerprint density at radius 2 is 2.10 bits per heavy atom. The van der Waals surface area contributed by atoms with Crippen molar-refractivity contribution in [2.75, 3.05) is 25.0 Å². The number of ether oxygens (including phenoxy) is 1. The van der Waals surface area contributed by atoms with Crippen molar-refractivity contribution in [3.63, 3.8) is 0 Å². The molecular formula is C15H19FN2O3. The molecular weight excluding hydrogens is 275 g/mol. The van der Waals surface area contributed by atoms with Gasteiger partial charge in [0.1, 0.15) is 5.82 Å². The van der Waals surface area contributed by atoms with Crippen molar-refractivity contribution < 1.29 is 18.7 Å². The van der Waals surface area contributed by atoms with Gasteiger partial charge < -0.3 is 15.0 Å². The minimum Gasteiger partial charge on any atom is -0.450 e. The van der Waals surface area contributed by atoms with E-state index >= 15 is 0 Å². The first-order valence-corrected chi connectivity index (χ1v) is 7.08. The van der Waals surface area contributed by atoms with Gasteiger partial charge in [0.15, 0.2) is 0 Å². The number of amides is 2. The summed E-state index contributed by atoms with van der Waals surface area (Å²) in [6, 6.07) is 5.81. The average Bonchev–Trinajstić information content (AvgIpc) is 2.47. The molecule has 0 atom stereocenters. The van der Waals surface area contributed by atoms with Crippen LogP contribution in [0.4, 0.5) is 14.9 Å². The standard InChI is InChI=1S/C15H19FN2O3/c1-2-21-15(20)18-8-6-11(7-9-18)14(19)17-13-5-3-4-12(16)10-13/h3-5,10-11H,2,6-9H2,1H3,(H,17,19). The predicted molar refractivity (Wildman–Crippen MR) is 76.3 cm³/mol. The molecule has 2 amide bonds. The molecule has 1 aromatic carbocycles.